The van der Waals surface area contributed by atoms with Gasteiger partial charge in [0.1, 0.15) is 5.58 Å². The monoisotopic (exact) mass is 332 g/mol. The Morgan fingerprint density at radius 2 is 2.30 bits per heavy atom. The van der Waals surface area contributed by atoms with E-state index in [-0.39, 0.29) is 5.78 Å². The van der Waals surface area contributed by atoms with Crippen LogP contribution in [0.15, 0.2) is 45.5 Å². The molecule has 0 aliphatic heterocycles. The van der Waals surface area contributed by atoms with E-state index in [2.05, 4.69) is 21.0 Å². The van der Waals surface area contributed by atoms with Gasteiger partial charge in [-0.3, -0.25) is 9.48 Å². The zero-order valence-electron chi connectivity index (χ0n) is 11.0. The zero-order chi connectivity index (χ0) is 14.1. The Balaban J connectivity index is 1.86. The topological polar surface area (TPSA) is 48.0 Å². The first-order valence-corrected chi connectivity index (χ1v) is 7.19. The predicted molar refractivity (Wildman–Crippen MR) is 79.8 cm³/mol. The second-order valence-electron chi connectivity index (χ2n) is 4.57. The van der Waals surface area contributed by atoms with Gasteiger partial charge in [0.15, 0.2) is 5.76 Å². The molecular weight excluding hydrogens is 320 g/mol. The molecule has 0 aliphatic carbocycles. The van der Waals surface area contributed by atoms with E-state index in [0.29, 0.717) is 17.8 Å². The maximum Gasteiger partial charge on any atom is 0.202 e. The average molecular weight is 333 g/mol. The van der Waals surface area contributed by atoms with E-state index in [0.717, 1.165) is 22.0 Å². The highest BCUT2D eigenvalue weighted by atomic mass is 79.9. The molecule has 3 rings (SSSR count). The van der Waals surface area contributed by atoms with E-state index in [4.69, 9.17) is 4.42 Å². The summed E-state index contributed by atoms with van der Waals surface area (Å²) in [6, 6.07) is 7.52. The zero-order valence-corrected chi connectivity index (χ0v) is 12.6. The van der Waals surface area contributed by atoms with Crippen LogP contribution >= 0.6 is 15.9 Å². The number of hydrogen-bond acceptors (Lipinski definition) is 3. The number of nitrogens with zero attached hydrogens (tertiary/aromatic N) is 2. The van der Waals surface area contributed by atoms with Crippen molar-refractivity contribution >= 4 is 32.7 Å². The fourth-order valence-electron chi connectivity index (χ4n) is 2.11. The molecule has 0 aliphatic rings. The van der Waals surface area contributed by atoms with Crippen molar-refractivity contribution in [1.82, 2.24) is 9.78 Å². The van der Waals surface area contributed by atoms with E-state index in [1.54, 1.807) is 16.9 Å². The van der Waals surface area contributed by atoms with Crippen molar-refractivity contribution < 1.29 is 9.21 Å². The molecule has 2 heterocycles. The lowest BCUT2D eigenvalue weighted by Gasteiger charge is -1.94. The summed E-state index contributed by atoms with van der Waals surface area (Å²) in [6.07, 6.45) is 3.91. The summed E-state index contributed by atoms with van der Waals surface area (Å²) in [7, 11) is 0. The largest absolute Gasteiger partial charge is 0.452 e. The minimum absolute atomic E-state index is 0.0382. The van der Waals surface area contributed by atoms with Gasteiger partial charge in [0.2, 0.25) is 5.78 Å². The highest BCUT2D eigenvalue weighted by Gasteiger charge is 2.15. The smallest absolute Gasteiger partial charge is 0.202 e. The lowest BCUT2D eigenvalue weighted by atomic mass is 10.1. The number of hydrogen-bond donors (Lipinski definition) is 0. The Kier molecular flexibility index (Phi) is 3.44. The SMILES string of the molecule is CCn1cc(CC(=O)c2cc3cccc(Br)c3o2)cn1. The molecule has 0 saturated carbocycles. The van der Waals surface area contributed by atoms with Crippen molar-refractivity contribution in [2.24, 2.45) is 0 Å². The van der Waals surface area contributed by atoms with Crippen LogP contribution in [0.5, 0.6) is 0 Å². The molecule has 0 radical (unpaired) electrons. The molecule has 0 spiro atoms. The molecule has 5 heteroatoms. The molecular formula is C15H13BrN2O2. The van der Waals surface area contributed by atoms with E-state index in [9.17, 15) is 4.79 Å². The van der Waals surface area contributed by atoms with Crippen LogP contribution in [0.4, 0.5) is 0 Å². The van der Waals surface area contributed by atoms with Crippen LogP contribution in [0.25, 0.3) is 11.0 Å². The number of benzene rings is 1. The average Bonchev–Trinajstić information content (AvgIpc) is 3.05. The summed E-state index contributed by atoms with van der Waals surface area (Å²) in [5, 5.41) is 5.09. The van der Waals surface area contributed by atoms with Gasteiger partial charge >= 0.3 is 0 Å². The molecule has 0 bridgehead atoms. The Bertz CT molecular complexity index is 773. The third-order valence-electron chi connectivity index (χ3n) is 3.15. The van der Waals surface area contributed by atoms with Gasteiger partial charge in [0.25, 0.3) is 0 Å². The standard InChI is InChI=1S/C15H13BrN2O2/c1-2-18-9-10(8-17-18)6-13(19)14-7-11-4-3-5-12(16)15(11)20-14/h3-5,7-9H,2,6H2,1H3. The van der Waals surface area contributed by atoms with Crippen LogP contribution in [0, 0.1) is 0 Å². The Labute approximate surface area is 124 Å². The first-order valence-electron chi connectivity index (χ1n) is 6.40. The van der Waals surface area contributed by atoms with E-state index in [1.165, 1.54) is 0 Å². The summed E-state index contributed by atoms with van der Waals surface area (Å²) in [6.45, 7) is 2.81. The van der Waals surface area contributed by atoms with Crippen molar-refractivity contribution in [3.8, 4) is 0 Å². The first kappa shape index (κ1) is 13.1. The Morgan fingerprint density at radius 1 is 1.45 bits per heavy atom. The van der Waals surface area contributed by atoms with E-state index in [1.807, 2.05) is 31.3 Å². The minimum Gasteiger partial charge on any atom is -0.452 e. The quantitative estimate of drug-likeness (QED) is 0.682. The summed E-state index contributed by atoms with van der Waals surface area (Å²) in [5.74, 6) is 0.347. The molecule has 0 N–H and O–H groups in total. The number of aromatic nitrogens is 2. The van der Waals surface area contributed by atoms with Crippen molar-refractivity contribution in [3.63, 3.8) is 0 Å². The van der Waals surface area contributed by atoms with Crippen LogP contribution in [0.3, 0.4) is 0 Å². The number of furan rings is 1. The third kappa shape index (κ3) is 2.41. The maximum atomic E-state index is 12.2. The molecule has 4 nitrogen and oxygen atoms in total. The van der Waals surface area contributed by atoms with Crippen molar-refractivity contribution in [2.75, 3.05) is 0 Å². The number of halogens is 1. The summed E-state index contributed by atoms with van der Waals surface area (Å²) < 4.78 is 8.30. The van der Waals surface area contributed by atoms with Crippen LogP contribution in [0.1, 0.15) is 23.0 Å². The van der Waals surface area contributed by atoms with Crippen molar-refractivity contribution in [1.29, 1.82) is 0 Å². The Hall–Kier alpha value is -1.88. The third-order valence-corrected chi connectivity index (χ3v) is 3.77. The molecule has 2 aromatic heterocycles. The number of para-hydroxylation sites is 1. The summed E-state index contributed by atoms with van der Waals surface area (Å²) in [5.41, 5.74) is 1.61. The predicted octanol–water partition coefficient (Wildman–Crippen LogP) is 3.84. The minimum atomic E-state index is -0.0382. The molecule has 3 aromatic rings. The fraction of sp³-hybridized carbons (Fsp3) is 0.200. The van der Waals surface area contributed by atoms with Crippen LogP contribution in [-0.2, 0) is 13.0 Å². The van der Waals surface area contributed by atoms with Gasteiger partial charge in [-0.05, 0) is 40.5 Å². The first-order chi connectivity index (χ1) is 9.67. The van der Waals surface area contributed by atoms with Gasteiger partial charge in [0, 0.05) is 24.5 Å². The number of Topliss-reactive ketones (excluding diaryl/α,β-unsaturated/α-hetero) is 1. The van der Waals surface area contributed by atoms with Gasteiger partial charge in [-0.15, -0.1) is 0 Å². The molecule has 102 valence electrons. The number of fused-ring (bicyclic) bond motifs is 1. The Morgan fingerprint density at radius 3 is 3.00 bits per heavy atom. The number of ketones is 1. The number of carbonyl (C=O) groups is 1. The maximum absolute atomic E-state index is 12.2. The highest BCUT2D eigenvalue weighted by molar-refractivity contribution is 9.10. The fourth-order valence-corrected chi connectivity index (χ4v) is 2.57. The normalized spacial score (nSPS) is 11.1. The van der Waals surface area contributed by atoms with Gasteiger partial charge in [-0.2, -0.15) is 5.10 Å². The number of carbonyl (C=O) groups excluding carboxylic acids is 1. The van der Waals surface area contributed by atoms with E-state index < -0.39 is 0 Å². The van der Waals surface area contributed by atoms with Crippen LogP contribution in [0.2, 0.25) is 0 Å². The molecule has 0 saturated heterocycles. The molecule has 0 fully saturated rings. The van der Waals surface area contributed by atoms with Gasteiger partial charge < -0.3 is 4.42 Å². The van der Waals surface area contributed by atoms with Gasteiger partial charge in [0.05, 0.1) is 10.7 Å². The van der Waals surface area contributed by atoms with Crippen molar-refractivity contribution in [3.05, 3.63) is 52.5 Å². The number of aryl methyl sites for hydroxylation is 1. The van der Waals surface area contributed by atoms with Crippen molar-refractivity contribution in [2.45, 2.75) is 19.9 Å². The molecule has 0 atom stereocenters. The second kappa shape index (κ2) is 5.25. The molecule has 0 unspecified atom stereocenters. The second-order valence-corrected chi connectivity index (χ2v) is 5.43. The van der Waals surface area contributed by atoms with Gasteiger partial charge in [-0.25, -0.2) is 0 Å². The van der Waals surface area contributed by atoms with Gasteiger partial charge in [-0.1, -0.05) is 12.1 Å². The summed E-state index contributed by atoms with van der Waals surface area (Å²) in [4.78, 5) is 12.2. The summed E-state index contributed by atoms with van der Waals surface area (Å²) >= 11 is 3.42. The lowest BCUT2D eigenvalue weighted by molar-refractivity contribution is 0.0968. The molecule has 1 aromatic carbocycles. The number of rotatable bonds is 4. The molecule has 20 heavy (non-hydrogen) atoms. The van der Waals surface area contributed by atoms with Crippen LogP contribution in [-0.4, -0.2) is 15.6 Å². The molecule has 0 amide bonds. The highest BCUT2D eigenvalue weighted by Crippen LogP contribution is 2.27. The van der Waals surface area contributed by atoms with Crippen LogP contribution < -0.4 is 0 Å². The lowest BCUT2D eigenvalue weighted by Crippen LogP contribution is -2.01. The van der Waals surface area contributed by atoms with E-state index >= 15 is 0 Å².